The van der Waals surface area contributed by atoms with Gasteiger partial charge < -0.3 is 35.5 Å². The monoisotopic (exact) mass is 622 g/mol. The van der Waals surface area contributed by atoms with Crippen LogP contribution in [0.25, 0.3) is 0 Å². The third-order valence-electron chi connectivity index (χ3n) is 6.77. The van der Waals surface area contributed by atoms with Crippen molar-refractivity contribution in [1.82, 2.24) is 20.9 Å². The number of rotatable bonds is 12. The number of carbonyl (C=O) groups excluding carboxylic acids is 5. The lowest BCUT2D eigenvalue weighted by Crippen LogP contribution is -2.52. The van der Waals surface area contributed by atoms with Crippen LogP contribution < -0.4 is 21.7 Å². The van der Waals surface area contributed by atoms with Crippen molar-refractivity contribution in [1.29, 1.82) is 0 Å². The van der Waals surface area contributed by atoms with Gasteiger partial charge in [-0.25, -0.2) is 9.59 Å². The normalized spacial score (nSPS) is 16.2. The Labute approximate surface area is 262 Å². The van der Waals surface area contributed by atoms with Crippen molar-refractivity contribution in [2.75, 3.05) is 13.1 Å². The third-order valence-corrected chi connectivity index (χ3v) is 6.77. The van der Waals surface area contributed by atoms with Crippen molar-refractivity contribution in [3.8, 4) is 0 Å². The SMILES string of the molecule is CC(C)(C)OC(=O)N[C@@H](C(=O)N1CCC[C@H]1C(=O)N[C@H](C=O)CCCN=C(N)NC(=O)OCc1ccccc1)c1ccccc1. The molecule has 0 saturated carbocycles. The van der Waals surface area contributed by atoms with E-state index in [9.17, 15) is 24.0 Å². The number of alkyl carbamates (subject to hydrolysis) is 2. The predicted octanol–water partition coefficient (Wildman–Crippen LogP) is 2.95. The van der Waals surface area contributed by atoms with Crippen LogP contribution in [-0.2, 0) is 30.5 Å². The number of benzene rings is 2. The van der Waals surface area contributed by atoms with Gasteiger partial charge in [0, 0.05) is 13.1 Å². The van der Waals surface area contributed by atoms with Crippen LogP contribution in [0, 0.1) is 0 Å². The summed E-state index contributed by atoms with van der Waals surface area (Å²) in [7, 11) is 0. The number of guanidine groups is 1. The minimum absolute atomic E-state index is 0.0812. The van der Waals surface area contributed by atoms with Crippen LogP contribution in [-0.4, -0.2) is 71.9 Å². The average Bonchev–Trinajstić information content (AvgIpc) is 3.50. The van der Waals surface area contributed by atoms with E-state index in [4.69, 9.17) is 15.2 Å². The number of nitrogens with two attached hydrogens (primary N) is 1. The van der Waals surface area contributed by atoms with Gasteiger partial charge in [-0.2, -0.15) is 0 Å². The number of carbonyl (C=O) groups is 5. The zero-order chi connectivity index (χ0) is 32.8. The Hall–Kier alpha value is -4.94. The first-order valence-corrected chi connectivity index (χ1v) is 14.8. The Morgan fingerprint density at radius 2 is 1.69 bits per heavy atom. The lowest BCUT2D eigenvalue weighted by atomic mass is 10.0. The molecule has 0 aromatic heterocycles. The summed E-state index contributed by atoms with van der Waals surface area (Å²) in [5, 5.41) is 7.70. The van der Waals surface area contributed by atoms with E-state index in [0.29, 0.717) is 37.7 Å². The van der Waals surface area contributed by atoms with E-state index >= 15 is 0 Å². The summed E-state index contributed by atoms with van der Waals surface area (Å²) in [6.45, 7) is 5.75. The molecule has 45 heavy (non-hydrogen) atoms. The summed E-state index contributed by atoms with van der Waals surface area (Å²) < 4.78 is 10.5. The van der Waals surface area contributed by atoms with E-state index in [-0.39, 0.29) is 25.5 Å². The Bertz CT molecular complexity index is 1330. The molecule has 4 amide bonds. The Morgan fingerprint density at radius 1 is 1.02 bits per heavy atom. The second-order valence-electron chi connectivity index (χ2n) is 11.5. The molecule has 2 aromatic carbocycles. The van der Waals surface area contributed by atoms with Crippen LogP contribution in [0.1, 0.15) is 63.6 Å². The quantitative estimate of drug-likeness (QED) is 0.121. The molecular formula is C32H42N6O7. The van der Waals surface area contributed by atoms with Crippen molar-refractivity contribution < 1.29 is 33.4 Å². The Morgan fingerprint density at radius 3 is 2.33 bits per heavy atom. The molecule has 3 atom stereocenters. The molecule has 1 heterocycles. The smallest absolute Gasteiger partial charge is 0.414 e. The van der Waals surface area contributed by atoms with E-state index in [1.165, 1.54) is 4.90 Å². The molecule has 0 radical (unpaired) electrons. The fourth-order valence-corrected chi connectivity index (χ4v) is 4.69. The van der Waals surface area contributed by atoms with Gasteiger partial charge in [-0.3, -0.25) is 19.9 Å². The number of ether oxygens (including phenoxy) is 2. The van der Waals surface area contributed by atoms with Crippen molar-refractivity contribution in [2.24, 2.45) is 10.7 Å². The van der Waals surface area contributed by atoms with Crippen molar-refractivity contribution in [3.63, 3.8) is 0 Å². The summed E-state index contributed by atoms with van der Waals surface area (Å²) in [4.78, 5) is 68.8. The highest BCUT2D eigenvalue weighted by Crippen LogP contribution is 2.24. The number of amides is 4. The van der Waals surface area contributed by atoms with E-state index in [1.54, 1.807) is 51.1 Å². The molecule has 0 bridgehead atoms. The Balaban J connectivity index is 1.52. The highest BCUT2D eigenvalue weighted by molar-refractivity contribution is 5.93. The average molecular weight is 623 g/mol. The number of likely N-dealkylation sites (tertiary alicyclic amines) is 1. The van der Waals surface area contributed by atoms with Crippen LogP contribution in [0.3, 0.4) is 0 Å². The summed E-state index contributed by atoms with van der Waals surface area (Å²) in [6, 6.07) is 15.2. The fourth-order valence-electron chi connectivity index (χ4n) is 4.69. The molecule has 5 N–H and O–H groups in total. The molecule has 13 heteroatoms. The largest absolute Gasteiger partial charge is 0.444 e. The van der Waals surface area contributed by atoms with Crippen LogP contribution in [0.4, 0.5) is 9.59 Å². The molecule has 2 aromatic rings. The number of hydrogen-bond donors (Lipinski definition) is 4. The number of nitrogens with one attached hydrogen (secondary N) is 3. The maximum absolute atomic E-state index is 13.7. The topological polar surface area (TPSA) is 182 Å². The molecular weight excluding hydrogens is 580 g/mol. The van der Waals surface area contributed by atoms with Crippen LogP contribution >= 0.6 is 0 Å². The first-order chi connectivity index (χ1) is 21.5. The minimum atomic E-state index is -1.07. The van der Waals surface area contributed by atoms with Crippen LogP contribution in [0.5, 0.6) is 0 Å². The second-order valence-corrected chi connectivity index (χ2v) is 11.5. The molecule has 3 rings (SSSR count). The van der Waals surface area contributed by atoms with Gasteiger partial charge in [0.2, 0.25) is 5.91 Å². The first-order valence-electron chi connectivity index (χ1n) is 14.8. The third kappa shape index (κ3) is 11.6. The first kappa shape index (κ1) is 34.5. The lowest BCUT2D eigenvalue weighted by Gasteiger charge is -2.30. The van der Waals surface area contributed by atoms with Crippen LogP contribution in [0.2, 0.25) is 0 Å². The molecule has 1 fully saturated rings. The van der Waals surface area contributed by atoms with Gasteiger partial charge in [0.15, 0.2) is 5.96 Å². The summed E-state index contributed by atoms with van der Waals surface area (Å²) in [5.41, 5.74) is 6.35. The summed E-state index contributed by atoms with van der Waals surface area (Å²) in [5.74, 6) is -1.05. The van der Waals surface area contributed by atoms with Gasteiger partial charge in [-0.05, 0) is 57.6 Å². The standard InChI is InChI=1S/C32H42N6O7/c1-32(2,3)45-31(43)36-26(23-14-8-5-9-15-23)28(41)38-19-11-17-25(38)27(40)35-24(20-39)16-10-18-34-29(33)37-30(42)44-21-22-12-6-4-7-13-22/h4-9,12-15,20,24-26H,10-11,16-19,21H2,1-3H3,(H,35,40)(H,36,43)(H3,33,34,37,42)/t24-,25-,26+/m0/s1. The maximum Gasteiger partial charge on any atom is 0.414 e. The fraction of sp³-hybridized carbons (Fsp3) is 0.438. The van der Waals surface area contributed by atoms with Crippen LogP contribution in [0.15, 0.2) is 65.7 Å². The van der Waals surface area contributed by atoms with Gasteiger partial charge >= 0.3 is 12.2 Å². The lowest BCUT2D eigenvalue weighted by molar-refractivity contribution is -0.140. The number of nitrogens with zero attached hydrogens (tertiary/aromatic N) is 2. The highest BCUT2D eigenvalue weighted by atomic mass is 16.6. The molecule has 1 saturated heterocycles. The van der Waals surface area contributed by atoms with Crippen molar-refractivity contribution in [2.45, 2.75) is 76.8 Å². The van der Waals surface area contributed by atoms with E-state index in [2.05, 4.69) is 20.9 Å². The van der Waals surface area contributed by atoms with Gasteiger partial charge in [-0.15, -0.1) is 0 Å². The highest BCUT2D eigenvalue weighted by Gasteiger charge is 2.39. The second kappa shape index (κ2) is 16.8. The van der Waals surface area contributed by atoms with Gasteiger partial charge in [-0.1, -0.05) is 60.7 Å². The molecule has 1 aliphatic rings. The summed E-state index contributed by atoms with van der Waals surface area (Å²) in [6.07, 6.45) is 0.759. The molecule has 0 unspecified atom stereocenters. The zero-order valence-corrected chi connectivity index (χ0v) is 25.9. The molecule has 13 nitrogen and oxygen atoms in total. The molecule has 0 spiro atoms. The molecule has 1 aliphatic heterocycles. The van der Waals surface area contributed by atoms with Crippen molar-refractivity contribution >= 4 is 36.2 Å². The summed E-state index contributed by atoms with van der Waals surface area (Å²) >= 11 is 0. The van der Waals surface area contributed by atoms with Gasteiger partial charge in [0.05, 0.1) is 6.04 Å². The molecule has 0 aliphatic carbocycles. The van der Waals surface area contributed by atoms with E-state index in [1.807, 2.05) is 30.3 Å². The molecule has 242 valence electrons. The van der Waals surface area contributed by atoms with Crippen molar-refractivity contribution in [3.05, 3.63) is 71.8 Å². The number of aldehydes is 1. The number of hydrogen-bond acceptors (Lipinski definition) is 8. The zero-order valence-electron chi connectivity index (χ0n) is 25.9. The Kier molecular flexibility index (Phi) is 12.9. The van der Waals surface area contributed by atoms with E-state index < -0.39 is 47.7 Å². The minimum Gasteiger partial charge on any atom is -0.444 e. The van der Waals surface area contributed by atoms with Gasteiger partial charge in [0.1, 0.15) is 30.6 Å². The van der Waals surface area contributed by atoms with Gasteiger partial charge in [0.25, 0.3) is 5.91 Å². The van der Waals surface area contributed by atoms with E-state index in [0.717, 1.165) is 5.56 Å². The predicted molar refractivity (Wildman–Crippen MR) is 167 cm³/mol. The number of aliphatic imine (C=N–C) groups is 1. The maximum atomic E-state index is 13.7.